The molecule has 6 heteroatoms. The third kappa shape index (κ3) is 3.21. The molecule has 162 valence electrons. The van der Waals surface area contributed by atoms with Crippen molar-refractivity contribution in [2.24, 2.45) is 18.9 Å². The lowest BCUT2D eigenvalue weighted by Gasteiger charge is -2.52. The number of likely N-dealkylation sites (tertiary alicyclic amines) is 1. The fraction of sp³-hybridized carbons (Fsp3) is 0.625. The number of fused-ring (bicyclic) bond motifs is 3. The number of imidazole rings is 1. The van der Waals surface area contributed by atoms with Crippen LogP contribution in [0, 0.1) is 11.8 Å². The van der Waals surface area contributed by atoms with Gasteiger partial charge in [-0.15, -0.1) is 0 Å². The zero-order valence-electron chi connectivity index (χ0n) is 18.3. The summed E-state index contributed by atoms with van der Waals surface area (Å²) in [5.41, 5.74) is 1.60. The van der Waals surface area contributed by atoms with Crippen molar-refractivity contribution in [2.45, 2.75) is 57.8 Å². The van der Waals surface area contributed by atoms with Gasteiger partial charge >= 0.3 is 0 Å². The van der Waals surface area contributed by atoms with Crippen molar-refractivity contribution in [3.63, 3.8) is 0 Å². The topological polar surface area (TPSA) is 59.8 Å². The molecule has 0 spiro atoms. The van der Waals surface area contributed by atoms with Crippen LogP contribution >= 0.6 is 0 Å². The molecule has 30 heavy (non-hydrogen) atoms. The second-order valence-corrected chi connectivity index (χ2v) is 9.34. The minimum Gasteiger partial charge on any atom is -0.494 e. The summed E-state index contributed by atoms with van der Waals surface area (Å²) in [6, 6.07) is 4.35. The van der Waals surface area contributed by atoms with Crippen LogP contribution in [-0.4, -0.2) is 45.4 Å². The first-order chi connectivity index (χ1) is 14.5. The van der Waals surface area contributed by atoms with Crippen LogP contribution < -0.4 is 9.47 Å². The van der Waals surface area contributed by atoms with E-state index in [4.69, 9.17) is 9.47 Å². The monoisotopic (exact) mass is 411 g/mol. The van der Waals surface area contributed by atoms with Gasteiger partial charge in [-0.05, 0) is 38.8 Å². The molecule has 3 heterocycles. The molecule has 0 amide bonds. The Hall–Kier alpha value is -2.05. The minimum absolute atomic E-state index is 0.201. The summed E-state index contributed by atoms with van der Waals surface area (Å²) in [7, 11) is 1.99. The second-order valence-electron chi connectivity index (χ2n) is 9.34. The quantitative estimate of drug-likeness (QED) is 0.818. The summed E-state index contributed by atoms with van der Waals surface area (Å²) in [5.74, 6) is 3.21. The fourth-order valence-corrected chi connectivity index (χ4v) is 5.92. The maximum Gasteiger partial charge on any atom is 0.141 e. The van der Waals surface area contributed by atoms with Gasteiger partial charge in [0.1, 0.15) is 29.0 Å². The summed E-state index contributed by atoms with van der Waals surface area (Å²) < 4.78 is 14.0. The fourth-order valence-electron chi connectivity index (χ4n) is 5.92. The number of hydrogen-bond acceptors (Lipinski definition) is 5. The van der Waals surface area contributed by atoms with E-state index in [1.165, 1.54) is 17.5 Å². The van der Waals surface area contributed by atoms with E-state index in [-0.39, 0.29) is 17.9 Å². The zero-order chi connectivity index (χ0) is 20.9. The average molecular weight is 412 g/mol. The Labute approximate surface area is 178 Å². The van der Waals surface area contributed by atoms with Crippen molar-refractivity contribution in [3.8, 4) is 11.5 Å². The molecule has 1 aromatic carbocycles. The van der Waals surface area contributed by atoms with Crippen molar-refractivity contribution in [3.05, 3.63) is 41.5 Å². The van der Waals surface area contributed by atoms with Crippen LogP contribution in [0.4, 0.5) is 0 Å². The Morgan fingerprint density at radius 2 is 2.03 bits per heavy atom. The molecule has 2 aromatic rings. The first-order valence-corrected chi connectivity index (χ1v) is 11.4. The molecular formula is C24H33N3O3. The van der Waals surface area contributed by atoms with E-state index in [1.807, 2.05) is 24.7 Å². The summed E-state index contributed by atoms with van der Waals surface area (Å²) in [6.45, 7) is 7.38. The van der Waals surface area contributed by atoms with E-state index in [9.17, 15) is 5.11 Å². The van der Waals surface area contributed by atoms with Crippen molar-refractivity contribution in [2.75, 3.05) is 19.7 Å². The van der Waals surface area contributed by atoms with Crippen molar-refractivity contribution < 1.29 is 14.6 Å². The number of ether oxygens (including phenoxy) is 2. The van der Waals surface area contributed by atoms with Crippen molar-refractivity contribution >= 4 is 0 Å². The molecule has 1 saturated carbocycles. The first-order valence-electron chi connectivity index (χ1n) is 11.4. The van der Waals surface area contributed by atoms with E-state index < -0.39 is 5.60 Å². The highest BCUT2D eigenvalue weighted by Gasteiger charge is 2.53. The molecule has 3 atom stereocenters. The summed E-state index contributed by atoms with van der Waals surface area (Å²) in [5, 5.41) is 11.8. The molecule has 3 unspecified atom stereocenters. The van der Waals surface area contributed by atoms with Crippen LogP contribution in [0.3, 0.4) is 0 Å². The van der Waals surface area contributed by atoms with Gasteiger partial charge in [-0.1, -0.05) is 6.42 Å². The van der Waals surface area contributed by atoms with Crippen LogP contribution in [-0.2, 0) is 25.6 Å². The largest absolute Gasteiger partial charge is 0.494 e. The molecule has 1 aromatic heterocycles. The highest BCUT2D eigenvalue weighted by molar-refractivity contribution is 5.48. The predicted molar refractivity (Wildman–Crippen MR) is 115 cm³/mol. The lowest BCUT2D eigenvalue weighted by molar-refractivity contribution is -0.155. The molecule has 5 rings (SSSR count). The smallest absolute Gasteiger partial charge is 0.141 e. The molecule has 2 aliphatic heterocycles. The number of aromatic nitrogens is 2. The molecule has 1 saturated heterocycles. The van der Waals surface area contributed by atoms with Crippen LogP contribution in [0.15, 0.2) is 24.5 Å². The van der Waals surface area contributed by atoms with Crippen LogP contribution in [0.1, 0.15) is 50.1 Å². The number of nitrogens with zero attached hydrogens (tertiary/aromatic N) is 3. The van der Waals surface area contributed by atoms with Crippen molar-refractivity contribution in [1.29, 1.82) is 0 Å². The molecule has 3 aliphatic rings. The van der Waals surface area contributed by atoms with Crippen LogP contribution in [0.5, 0.6) is 11.5 Å². The summed E-state index contributed by atoms with van der Waals surface area (Å²) in [4.78, 5) is 7.04. The van der Waals surface area contributed by atoms with E-state index in [0.29, 0.717) is 6.61 Å². The van der Waals surface area contributed by atoms with E-state index in [0.717, 1.165) is 56.2 Å². The molecule has 2 fully saturated rings. The number of aryl methyl sites for hydroxylation is 1. The Kier molecular flexibility index (Phi) is 5.02. The van der Waals surface area contributed by atoms with Gasteiger partial charge in [0.05, 0.1) is 6.61 Å². The zero-order valence-corrected chi connectivity index (χ0v) is 18.3. The lowest BCUT2D eigenvalue weighted by atomic mass is 9.65. The summed E-state index contributed by atoms with van der Waals surface area (Å²) in [6.07, 6.45) is 8.18. The first kappa shape index (κ1) is 19.9. The average Bonchev–Trinajstić information content (AvgIpc) is 3.27. The number of benzene rings is 1. The standard InChI is InChI=1S/C24H33N3O3/c1-4-29-21-11-17-10-16(2)30-22(17)12-18(21)13-27-14-19-6-5-7-20(15-27)24(19,28)23-25-8-9-26(23)3/h8-9,11-12,16,19-20,28H,4-7,10,13-15H2,1-3H3. The van der Waals surface area contributed by atoms with E-state index >= 15 is 0 Å². The van der Waals surface area contributed by atoms with Gasteiger partial charge in [0.2, 0.25) is 0 Å². The SMILES string of the molecule is CCOc1cc2c(cc1CN1CC3CCCC(C1)C3(O)c1nccn1C)OC(C)C2. The molecular weight excluding hydrogens is 378 g/mol. The third-order valence-electron chi connectivity index (χ3n) is 7.26. The molecule has 1 N–H and O–H groups in total. The second kappa shape index (κ2) is 7.57. The maximum atomic E-state index is 11.8. The van der Waals surface area contributed by atoms with Gasteiger partial charge in [-0.2, -0.15) is 0 Å². The van der Waals surface area contributed by atoms with E-state index in [2.05, 4.69) is 28.9 Å². The van der Waals surface area contributed by atoms with Gasteiger partial charge in [-0.3, -0.25) is 4.90 Å². The van der Waals surface area contributed by atoms with Gasteiger partial charge in [-0.25, -0.2) is 4.98 Å². The van der Waals surface area contributed by atoms with Gasteiger partial charge in [0.15, 0.2) is 0 Å². The molecule has 6 nitrogen and oxygen atoms in total. The van der Waals surface area contributed by atoms with Gasteiger partial charge in [0.25, 0.3) is 0 Å². The third-order valence-corrected chi connectivity index (χ3v) is 7.26. The van der Waals surface area contributed by atoms with Gasteiger partial charge in [0, 0.05) is 68.5 Å². The number of hydrogen-bond donors (Lipinski definition) is 1. The minimum atomic E-state index is -0.827. The number of aliphatic hydroxyl groups is 1. The predicted octanol–water partition coefficient (Wildman–Crippen LogP) is 3.26. The van der Waals surface area contributed by atoms with Crippen molar-refractivity contribution in [1.82, 2.24) is 14.5 Å². The molecule has 2 bridgehead atoms. The van der Waals surface area contributed by atoms with Crippen LogP contribution in [0.25, 0.3) is 0 Å². The maximum absolute atomic E-state index is 11.8. The molecule has 1 aliphatic carbocycles. The Morgan fingerprint density at radius 3 is 2.70 bits per heavy atom. The highest BCUT2D eigenvalue weighted by Crippen LogP contribution is 2.49. The highest BCUT2D eigenvalue weighted by atomic mass is 16.5. The molecule has 0 radical (unpaired) electrons. The number of rotatable bonds is 5. The Balaban J connectivity index is 1.40. The Morgan fingerprint density at radius 1 is 1.27 bits per heavy atom. The van der Waals surface area contributed by atoms with E-state index in [1.54, 1.807) is 6.20 Å². The normalized spacial score (nSPS) is 30.7. The summed E-state index contributed by atoms with van der Waals surface area (Å²) >= 11 is 0. The van der Waals surface area contributed by atoms with Gasteiger partial charge < -0.3 is 19.1 Å². The Bertz CT molecular complexity index is 910. The lowest BCUT2D eigenvalue weighted by Crippen LogP contribution is -2.58. The van der Waals surface area contributed by atoms with Crippen LogP contribution in [0.2, 0.25) is 0 Å². The number of piperidine rings is 1.